The van der Waals surface area contributed by atoms with Crippen molar-refractivity contribution in [2.24, 2.45) is 0 Å². The molecule has 31 heavy (non-hydrogen) atoms. The van der Waals surface area contributed by atoms with Gasteiger partial charge in [0.25, 0.3) is 0 Å². The van der Waals surface area contributed by atoms with Gasteiger partial charge in [-0.1, -0.05) is 25.0 Å². The Kier molecular flexibility index (Phi) is 8.85. The maximum Gasteiger partial charge on any atom is 0.490 e. The van der Waals surface area contributed by atoms with E-state index in [9.17, 15) is 22.8 Å². The molecule has 0 bridgehead atoms. The number of amides is 2. The van der Waals surface area contributed by atoms with E-state index in [1.165, 1.54) is 31.2 Å². The lowest BCUT2D eigenvalue weighted by molar-refractivity contribution is -0.192. The predicted molar refractivity (Wildman–Crippen MR) is 109 cm³/mol. The first-order chi connectivity index (χ1) is 14.6. The maximum absolute atomic E-state index is 12.3. The first-order valence-corrected chi connectivity index (χ1v) is 10.3. The largest absolute Gasteiger partial charge is 0.490 e. The van der Waals surface area contributed by atoms with E-state index in [0.717, 1.165) is 12.1 Å². The van der Waals surface area contributed by atoms with Crippen molar-refractivity contribution >= 4 is 23.5 Å². The fourth-order valence-corrected chi connectivity index (χ4v) is 3.63. The molecule has 1 aliphatic heterocycles. The number of carboxylic acids is 1. The molecule has 0 radical (unpaired) electrons. The van der Waals surface area contributed by atoms with E-state index in [4.69, 9.17) is 9.90 Å². The Balaban J connectivity index is 0.000000423. The van der Waals surface area contributed by atoms with Crippen molar-refractivity contribution in [2.75, 3.05) is 11.9 Å². The summed E-state index contributed by atoms with van der Waals surface area (Å²) >= 11 is 0. The number of nitrogens with one attached hydrogen (secondary N) is 3. The number of aliphatic carboxylic acids is 1. The average molecular weight is 443 g/mol. The smallest absolute Gasteiger partial charge is 0.475 e. The standard InChI is InChI=1S/C19H27N3O2.C2HF3O2/c1-13(21-16-4-2-3-5-16)19(24)22-17-9-6-14(7-10-17)15-8-11-18(23)20-12-15;3-2(4,5)1(6)7/h6-7,9-10,13,15-16,21H,2-5,8,11-12H2,1H3,(H,20,23)(H,22,24);(H,6,7). The van der Waals surface area contributed by atoms with E-state index >= 15 is 0 Å². The molecule has 2 atom stereocenters. The zero-order chi connectivity index (χ0) is 23.0. The minimum absolute atomic E-state index is 0.0135. The van der Waals surface area contributed by atoms with Crippen LogP contribution in [0.1, 0.15) is 56.9 Å². The number of halogens is 3. The van der Waals surface area contributed by atoms with Crippen LogP contribution in [0.25, 0.3) is 0 Å². The normalized spacial score (nSPS) is 20.3. The number of hydrogen-bond acceptors (Lipinski definition) is 4. The number of carboxylic acid groups (broad SMARTS) is 1. The molecule has 10 heteroatoms. The van der Waals surface area contributed by atoms with Gasteiger partial charge in [0.2, 0.25) is 11.8 Å². The third kappa shape index (κ3) is 8.20. The Morgan fingerprint density at radius 1 is 1.13 bits per heavy atom. The molecule has 172 valence electrons. The number of carbonyl (C=O) groups is 3. The summed E-state index contributed by atoms with van der Waals surface area (Å²) in [4.78, 5) is 32.4. The Morgan fingerprint density at radius 2 is 1.71 bits per heavy atom. The van der Waals surface area contributed by atoms with Gasteiger partial charge in [0.15, 0.2) is 0 Å². The first-order valence-electron chi connectivity index (χ1n) is 10.3. The van der Waals surface area contributed by atoms with E-state index in [2.05, 4.69) is 16.0 Å². The van der Waals surface area contributed by atoms with Crippen molar-refractivity contribution in [3.05, 3.63) is 29.8 Å². The molecule has 1 aliphatic carbocycles. The topological polar surface area (TPSA) is 108 Å². The van der Waals surface area contributed by atoms with Gasteiger partial charge >= 0.3 is 12.1 Å². The molecule has 1 saturated carbocycles. The Hall–Kier alpha value is -2.62. The van der Waals surface area contributed by atoms with Crippen molar-refractivity contribution in [1.82, 2.24) is 10.6 Å². The molecule has 4 N–H and O–H groups in total. The lowest BCUT2D eigenvalue weighted by atomic mass is 9.91. The lowest BCUT2D eigenvalue weighted by Gasteiger charge is -2.23. The van der Waals surface area contributed by atoms with Crippen LogP contribution in [0.4, 0.5) is 18.9 Å². The summed E-state index contributed by atoms with van der Waals surface area (Å²) in [7, 11) is 0. The zero-order valence-electron chi connectivity index (χ0n) is 17.3. The first kappa shape index (κ1) is 24.6. The average Bonchev–Trinajstić information content (AvgIpc) is 3.22. The van der Waals surface area contributed by atoms with Crippen LogP contribution in [0.3, 0.4) is 0 Å². The fourth-order valence-electron chi connectivity index (χ4n) is 3.63. The van der Waals surface area contributed by atoms with Gasteiger partial charge in [-0.15, -0.1) is 0 Å². The minimum atomic E-state index is -5.08. The molecular formula is C21H28F3N3O4. The van der Waals surface area contributed by atoms with Gasteiger partial charge in [-0.05, 0) is 43.9 Å². The van der Waals surface area contributed by atoms with E-state index < -0.39 is 12.1 Å². The monoisotopic (exact) mass is 443 g/mol. The highest BCUT2D eigenvalue weighted by atomic mass is 19.4. The van der Waals surface area contributed by atoms with E-state index in [1.807, 2.05) is 31.2 Å². The zero-order valence-corrected chi connectivity index (χ0v) is 17.3. The molecule has 7 nitrogen and oxygen atoms in total. The molecule has 2 unspecified atom stereocenters. The molecular weight excluding hydrogens is 415 g/mol. The second kappa shape index (κ2) is 11.1. The maximum atomic E-state index is 12.3. The van der Waals surface area contributed by atoms with Crippen molar-refractivity contribution < 1.29 is 32.7 Å². The van der Waals surface area contributed by atoms with Gasteiger partial charge in [-0.25, -0.2) is 4.79 Å². The predicted octanol–water partition coefficient (Wildman–Crippen LogP) is 3.17. The van der Waals surface area contributed by atoms with Crippen molar-refractivity contribution in [1.29, 1.82) is 0 Å². The van der Waals surface area contributed by atoms with Gasteiger partial charge in [0, 0.05) is 30.6 Å². The van der Waals surface area contributed by atoms with Gasteiger partial charge in [-0.2, -0.15) is 13.2 Å². The van der Waals surface area contributed by atoms with E-state index in [1.54, 1.807) is 0 Å². The summed E-state index contributed by atoms with van der Waals surface area (Å²) in [5, 5.41) is 16.4. The molecule has 0 spiro atoms. The number of alkyl halides is 3. The Morgan fingerprint density at radius 3 is 2.19 bits per heavy atom. The second-order valence-corrected chi connectivity index (χ2v) is 7.82. The summed E-state index contributed by atoms with van der Waals surface area (Å²) in [6.07, 6.45) is 1.26. The van der Waals surface area contributed by atoms with Gasteiger partial charge in [-0.3, -0.25) is 9.59 Å². The molecule has 3 rings (SSSR count). The van der Waals surface area contributed by atoms with Crippen LogP contribution >= 0.6 is 0 Å². The van der Waals surface area contributed by atoms with Crippen LogP contribution in [0, 0.1) is 0 Å². The molecule has 1 aromatic carbocycles. The highest BCUT2D eigenvalue weighted by Crippen LogP contribution is 2.25. The number of rotatable bonds is 5. The third-order valence-electron chi connectivity index (χ3n) is 5.39. The Bertz CT molecular complexity index is 752. The number of anilines is 1. The number of hydrogen-bond donors (Lipinski definition) is 4. The SMILES string of the molecule is CC(NC1CCCC1)C(=O)Nc1ccc(C2CCC(=O)NC2)cc1.O=C(O)C(F)(F)F. The molecule has 2 fully saturated rings. The Labute approximate surface area is 178 Å². The molecule has 1 saturated heterocycles. The van der Waals surface area contributed by atoms with Crippen molar-refractivity contribution in [3.63, 3.8) is 0 Å². The van der Waals surface area contributed by atoms with Crippen LogP contribution in [0.2, 0.25) is 0 Å². The molecule has 2 amide bonds. The van der Waals surface area contributed by atoms with E-state index in [-0.39, 0.29) is 17.9 Å². The summed E-state index contributed by atoms with van der Waals surface area (Å²) < 4.78 is 31.7. The van der Waals surface area contributed by atoms with E-state index in [0.29, 0.717) is 24.9 Å². The van der Waals surface area contributed by atoms with Crippen LogP contribution < -0.4 is 16.0 Å². The lowest BCUT2D eigenvalue weighted by Crippen LogP contribution is -2.42. The van der Waals surface area contributed by atoms with Gasteiger partial charge < -0.3 is 21.1 Å². The van der Waals surface area contributed by atoms with Crippen LogP contribution in [-0.4, -0.2) is 47.7 Å². The molecule has 0 aromatic heterocycles. The molecule has 1 heterocycles. The summed E-state index contributed by atoms with van der Waals surface area (Å²) in [6.45, 7) is 2.62. The minimum Gasteiger partial charge on any atom is -0.475 e. The van der Waals surface area contributed by atoms with Crippen molar-refractivity contribution in [2.45, 2.75) is 69.6 Å². The number of piperidine rings is 1. The quantitative estimate of drug-likeness (QED) is 0.559. The number of benzene rings is 1. The summed E-state index contributed by atoms with van der Waals surface area (Å²) in [6, 6.07) is 8.30. The number of carbonyl (C=O) groups excluding carboxylic acids is 2. The molecule has 2 aliphatic rings. The summed E-state index contributed by atoms with van der Waals surface area (Å²) in [5.74, 6) is -2.23. The van der Waals surface area contributed by atoms with Crippen LogP contribution in [0.15, 0.2) is 24.3 Å². The van der Waals surface area contributed by atoms with Crippen LogP contribution in [-0.2, 0) is 14.4 Å². The van der Waals surface area contributed by atoms with Crippen LogP contribution in [0.5, 0.6) is 0 Å². The van der Waals surface area contributed by atoms with Gasteiger partial charge in [0.1, 0.15) is 0 Å². The van der Waals surface area contributed by atoms with Crippen molar-refractivity contribution in [3.8, 4) is 0 Å². The molecule has 1 aromatic rings. The third-order valence-corrected chi connectivity index (χ3v) is 5.39. The fraction of sp³-hybridized carbons (Fsp3) is 0.571. The highest BCUT2D eigenvalue weighted by molar-refractivity contribution is 5.94. The van der Waals surface area contributed by atoms with Gasteiger partial charge in [0.05, 0.1) is 6.04 Å². The highest BCUT2D eigenvalue weighted by Gasteiger charge is 2.38. The summed E-state index contributed by atoms with van der Waals surface area (Å²) in [5.41, 5.74) is 2.04. The second-order valence-electron chi connectivity index (χ2n) is 7.82.